The molecule has 6 N–H and O–H groups in total. The highest BCUT2D eigenvalue weighted by molar-refractivity contribution is 5.91. The minimum Gasteiger partial charge on any atom is -0.481 e. The van der Waals surface area contributed by atoms with Crippen LogP contribution < -0.4 is 16.0 Å². The number of nitrogens with zero attached hydrogens (tertiary/aromatic N) is 1. The normalized spacial score (nSPS) is 11.2. The number of rotatable bonds is 11. The van der Waals surface area contributed by atoms with E-state index in [1.54, 1.807) is 0 Å². The van der Waals surface area contributed by atoms with Gasteiger partial charge >= 0.3 is 11.9 Å². The fourth-order valence-corrected chi connectivity index (χ4v) is 1.84. The number of carboxylic acids is 2. The second-order valence-corrected chi connectivity index (χ2v) is 5.18. The van der Waals surface area contributed by atoms with Gasteiger partial charge in [-0.2, -0.15) is 0 Å². The van der Waals surface area contributed by atoms with Gasteiger partial charge in [0.1, 0.15) is 12.6 Å². The van der Waals surface area contributed by atoms with Crippen molar-refractivity contribution in [1.82, 2.24) is 25.9 Å². The van der Waals surface area contributed by atoms with Gasteiger partial charge in [0, 0.05) is 24.7 Å². The molecule has 12 nitrogen and oxygen atoms in total. The van der Waals surface area contributed by atoms with Crippen LogP contribution in [0.3, 0.4) is 0 Å². The molecule has 1 unspecified atom stereocenters. The molecule has 1 heterocycles. The zero-order chi connectivity index (χ0) is 19.5. The van der Waals surface area contributed by atoms with Crippen molar-refractivity contribution in [3.63, 3.8) is 0 Å². The second kappa shape index (κ2) is 10.4. The molecule has 0 aromatic carbocycles. The number of hydrogen-bond donors (Lipinski definition) is 6. The lowest BCUT2D eigenvalue weighted by Gasteiger charge is -2.17. The molecular weight excluding hydrogens is 350 g/mol. The number of aromatic amines is 1. The highest BCUT2D eigenvalue weighted by Crippen LogP contribution is 1.99. The minimum atomic E-state index is -1.24. The summed E-state index contributed by atoms with van der Waals surface area (Å²) in [6.45, 7) is -1.07. The Labute approximate surface area is 147 Å². The molecule has 1 aromatic heterocycles. The van der Waals surface area contributed by atoms with Crippen LogP contribution in [0.5, 0.6) is 0 Å². The van der Waals surface area contributed by atoms with Gasteiger partial charge in [-0.1, -0.05) is 0 Å². The zero-order valence-corrected chi connectivity index (χ0v) is 13.7. The van der Waals surface area contributed by atoms with Crippen molar-refractivity contribution >= 4 is 29.7 Å². The van der Waals surface area contributed by atoms with Gasteiger partial charge in [-0.25, -0.2) is 4.98 Å². The first-order valence-corrected chi connectivity index (χ1v) is 7.52. The van der Waals surface area contributed by atoms with Crippen molar-refractivity contribution in [3.8, 4) is 0 Å². The molecule has 1 atom stereocenters. The van der Waals surface area contributed by atoms with Gasteiger partial charge in [-0.3, -0.25) is 24.0 Å². The maximum Gasteiger partial charge on any atom is 0.322 e. The predicted octanol–water partition coefficient (Wildman–Crippen LogP) is -2.38. The van der Waals surface area contributed by atoms with Gasteiger partial charge in [-0.05, 0) is 0 Å². The summed E-state index contributed by atoms with van der Waals surface area (Å²) in [5.41, 5.74) is 0.534. The number of imidazole rings is 1. The van der Waals surface area contributed by atoms with Crippen molar-refractivity contribution in [2.75, 3.05) is 13.1 Å². The van der Waals surface area contributed by atoms with Crippen molar-refractivity contribution in [2.45, 2.75) is 25.3 Å². The third-order valence-corrected chi connectivity index (χ3v) is 3.06. The summed E-state index contributed by atoms with van der Waals surface area (Å²) in [5, 5.41) is 23.9. The topological polar surface area (TPSA) is 191 Å². The monoisotopic (exact) mass is 369 g/mol. The molecule has 12 heteroatoms. The van der Waals surface area contributed by atoms with E-state index in [0.717, 1.165) is 0 Å². The van der Waals surface area contributed by atoms with E-state index < -0.39 is 48.8 Å². The number of carbonyl (C=O) groups is 5. The number of carboxylic acid groups (broad SMARTS) is 2. The molecule has 0 aliphatic carbocycles. The van der Waals surface area contributed by atoms with Crippen LogP contribution in [0.25, 0.3) is 0 Å². The van der Waals surface area contributed by atoms with Crippen LogP contribution in [0.15, 0.2) is 12.5 Å². The molecule has 142 valence electrons. The average molecular weight is 369 g/mol. The van der Waals surface area contributed by atoms with Crippen LogP contribution in [0.1, 0.15) is 18.5 Å². The number of carbonyl (C=O) groups excluding carboxylic acids is 3. The smallest absolute Gasteiger partial charge is 0.322 e. The highest BCUT2D eigenvalue weighted by atomic mass is 16.4. The molecule has 0 bridgehead atoms. The first-order chi connectivity index (χ1) is 12.3. The maximum absolute atomic E-state index is 12.0. The second-order valence-electron chi connectivity index (χ2n) is 5.18. The molecule has 0 spiro atoms. The molecule has 0 aliphatic rings. The van der Waals surface area contributed by atoms with Gasteiger partial charge in [0.2, 0.25) is 17.7 Å². The van der Waals surface area contributed by atoms with E-state index in [1.165, 1.54) is 12.5 Å². The number of amides is 3. The summed E-state index contributed by atoms with van der Waals surface area (Å²) in [7, 11) is 0. The Morgan fingerprint density at radius 1 is 1.00 bits per heavy atom. The number of nitrogens with one attached hydrogen (secondary N) is 4. The Morgan fingerprint density at radius 3 is 2.31 bits per heavy atom. The molecule has 1 rings (SSSR count). The third-order valence-electron chi connectivity index (χ3n) is 3.06. The summed E-state index contributed by atoms with van der Waals surface area (Å²) in [6.07, 6.45) is 2.21. The molecule has 26 heavy (non-hydrogen) atoms. The Bertz CT molecular complexity index is 659. The lowest BCUT2D eigenvalue weighted by Crippen LogP contribution is -2.51. The van der Waals surface area contributed by atoms with Gasteiger partial charge < -0.3 is 31.1 Å². The average Bonchev–Trinajstić information content (AvgIpc) is 3.08. The van der Waals surface area contributed by atoms with E-state index in [-0.39, 0.29) is 19.3 Å². The molecular formula is C14H19N5O7. The van der Waals surface area contributed by atoms with Crippen molar-refractivity contribution in [1.29, 1.82) is 0 Å². The van der Waals surface area contributed by atoms with E-state index in [2.05, 4.69) is 25.9 Å². The van der Waals surface area contributed by atoms with Crippen LogP contribution in [0.4, 0.5) is 0 Å². The Hall–Kier alpha value is -3.44. The van der Waals surface area contributed by atoms with Crippen molar-refractivity contribution in [2.24, 2.45) is 0 Å². The number of aromatic nitrogens is 2. The summed E-state index contributed by atoms with van der Waals surface area (Å²) >= 11 is 0. The van der Waals surface area contributed by atoms with Crippen LogP contribution in [-0.4, -0.2) is 69.0 Å². The van der Waals surface area contributed by atoms with Gasteiger partial charge in [-0.15, -0.1) is 0 Å². The predicted molar refractivity (Wildman–Crippen MR) is 84.7 cm³/mol. The molecule has 0 saturated heterocycles. The van der Waals surface area contributed by atoms with Gasteiger partial charge in [0.05, 0.1) is 19.3 Å². The van der Waals surface area contributed by atoms with E-state index in [4.69, 9.17) is 10.2 Å². The van der Waals surface area contributed by atoms with Gasteiger partial charge in [0.15, 0.2) is 0 Å². The molecule has 1 aromatic rings. The van der Waals surface area contributed by atoms with Crippen molar-refractivity contribution < 1.29 is 34.2 Å². The quantitative estimate of drug-likeness (QED) is 0.249. The molecule has 0 fully saturated rings. The van der Waals surface area contributed by atoms with E-state index >= 15 is 0 Å². The fourth-order valence-electron chi connectivity index (χ4n) is 1.84. The summed E-state index contributed by atoms with van der Waals surface area (Å²) in [6, 6.07) is -1.08. The van der Waals surface area contributed by atoms with Gasteiger partial charge in [0.25, 0.3) is 0 Å². The lowest BCUT2D eigenvalue weighted by molar-refractivity contribution is -0.139. The first-order valence-electron chi connectivity index (χ1n) is 7.52. The zero-order valence-electron chi connectivity index (χ0n) is 13.7. The van der Waals surface area contributed by atoms with Crippen LogP contribution in [-0.2, 0) is 30.4 Å². The summed E-state index contributed by atoms with van der Waals surface area (Å²) < 4.78 is 0. The largest absolute Gasteiger partial charge is 0.481 e. The molecule has 3 amide bonds. The standard InChI is InChI=1S/C14H19N5O7/c20-10(1-2-12(22)23)16-5-11(21)19-9(3-8-4-15-7-18-8)14(26)17-6-13(24)25/h4,7,9H,1-3,5-6H2,(H,15,18)(H,16,20)(H,17,26)(H,19,21)(H,22,23)(H,24,25). The summed E-state index contributed by atoms with van der Waals surface area (Å²) in [5.74, 6) is -4.41. The van der Waals surface area contributed by atoms with Crippen LogP contribution >= 0.6 is 0 Å². The number of aliphatic carboxylic acids is 2. The van der Waals surface area contributed by atoms with Crippen LogP contribution in [0, 0.1) is 0 Å². The molecule has 0 radical (unpaired) electrons. The van der Waals surface area contributed by atoms with Crippen molar-refractivity contribution in [3.05, 3.63) is 18.2 Å². The maximum atomic E-state index is 12.0. The summed E-state index contributed by atoms with van der Waals surface area (Å²) in [4.78, 5) is 62.8. The lowest BCUT2D eigenvalue weighted by atomic mass is 10.1. The third kappa shape index (κ3) is 8.42. The van der Waals surface area contributed by atoms with E-state index in [9.17, 15) is 24.0 Å². The number of hydrogen-bond acceptors (Lipinski definition) is 6. The van der Waals surface area contributed by atoms with E-state index in [0.29, 0.717) is 5.69 Å². The highest BCUT2D eigenvalue weighted by Gasteiger charge is 2.22. The molecule has 0 aliphatic heterocycles. The fraction of sp³-hybridized carbons (Fsp3) is 0.429. The minimum absolute atomic E-state index is 0.0319. The Kier molecular flexibility index (Phi) is 8.27. The van der Waals surface area contributed by atoms with E-state index in [1.807, 2.05) is 0 Å². The number of H-pyrrole nitrogens is 1. The Balaban J connectivity index is 2.56. The SMILES string of the molecule is O=C(O)CCC(=O)NCC(=O)NC(Cc1cnc[nH]1)C(=O)NCC(=O)O. The Morgan fingerprint density at radius 2 is 1.73 bits per heavy atom. The molecule has 0 saturated carbocycles. The first kappa shape index (κ1) is 20.6. The van der Waals surface area contributed by atoms with Crippen LogP contribution in [0.2, 0.25) is 0 Å².